The van der Waals surface area contributed by atoms with Crippen LogP contribution in [0, 0.1) is 16.7 Å². The van der Waals surface area contributed by atoms with Crippen LogP contribution in [0.25, 0.3) is 5.57 Å². The van der Waals surface area contributed by atoms with Crippen molar-refractivity contribution in [2.75, 3.05) is 27.3 Å². The number of benzene rings is 1. The number of likely N-dealkylation sites (N-methyl/N-ethyl adjacent to an activating group) is 1. The molecule has 112 valence electrons. The number of allylic oxidation sites excluding steroid dienone is 1. The van der Waals surface area contributed by atoms with E-state index in [2.05, 4.69) is 0 Å². The molecular formula is C16H21N3O2. The molecule has 5 heteroatoms. The summed E-state index contributed by atoms with van der Waals surface area (Å²) in [6, 6.07) is 9.27. The standard InChI is InChI=1S/C16H21N3O2/c1-5-19(6-2)16(18)15(14(11-17)21-4)12-7-9-13(20-3)10-8-12/h7-10,18H,5-6H2,1-4H3/b15-14+,18-16?. The molecule has 0 saturated carbocycles. The highest BCUT2D eigenvalue weighted by atomic mass is 16.5. The Bertz CT molecular complexity index is 552. The minimum Gasteiger partial charge on any atom is -0.497 e. The van der Waals surface area contributed by atoms with Crippen LogP contribution in [0.3, 0.4) is 0 Å². The number of rotatable bonds is 6. The fraction of sp³-hybridized carbons (Fsp3) is 0.375. The van der Waals surface area contributed by atoms with Gasteiger partial charge in [-0.25, -0.2) is 0 Å². The van der Waals surface area contributed by atoms with Crippen LogP contribution in [0.2, 0.25) is 0 Å². The molecule has 0 aliphatic rings. The Balaban J connectivity index is 3.36. The molecule has 0 aromatic heterocycles. The molecule has 1 aromatic rings. The van der Waals surface area contributed by atoms with E-state index in [-0.39, 0.29) is 11.6 Å². The number of ether oxygens (including phenoxy) is 2. The molecule has 0 spiro atoms. The molecule has 0 saturated heterocycles. The summed E-state index contributed by atoms with van der Waals surface area (Å²) in [4.78, 5) is 1.87. The van der Waals surface area contributed by atoms with Crippen molar-refractivity contribution in [1.29, 1.82) is 10.7 Å². The number of nitrogens with zero attached hydrogens (tertiary/aromatic N) is 2. The van der Waals surface area contributed by atoms with Gasteiger partial charge in [-0.05, 0) is 31.5 Å². The third-order valence-electron chi connectivity index (χ3n) is 3.23. The first-order valence-corrected chi connectivity index (χ1v) is 6.79. The number of methoxy groups -OCH3 is 2. The molecule has 0 amide bonds. The monoisotopic (exact) mass is 287 g/mol. The van der Waals surface area contributed by atoms with Crippen molar-refractivity contribution >= 4 is 11.4 Å². The van der Waals surface area contributed by atoms with Gasteiger partial charge in [-0.2, -0.15) is 5.26 Å². The van der Waals surface area contributed by atoms with E-state index in [0.717, 1.165) is 11.3 Å². The first kappa shape index (κ1) is 16.6. The maximum atomic E-state index is 9.26. The normalized spacial score (nSPS) is 11.2. The first-order chi connectivity index (χ1) is 10.1. The summed E-state index contributed by atoms with van der Waals surface area (Å²) in [5.41, 5.74) is 1.25. The summed E-state index contributed by atoms with van der Waals surface area (Å²) >= 11 is 0. The highest BCUT2D eigenvalue weighted by Crippen LogP contribution is 2.24. The first-order valence-electron chi connectivity index (χ1n) is 6.79. The molecular weight excluding hydrogens is 266 g/mol. The van der Waals surface area contributed by atoms with E-state index in [1.807, 2.05) is 36.9 Å². The number of nitriles is 1. The molecule has 0 bridgehead atoms. The van der Waals surface area contributed by atoms with Crippen molar-refractivity contribution in [1.82, 2.24) is 4.90 Å². The molecule has 5 nitrogen and oxygen atoms in total. The van der Waals surface area contributed by atoms with Gasteiger partial charge in [0.1, 0.15) is 17.7 Å². The van der Waals surface area contributed by atoms with E-state index in [4.69, 9.17) is 14.9 Å². The second kappa shape index (κ2) is 7.95. The number of nitrogens with one attached hydrogen (secondary N) is 1. The number of hydrogen-bond acceptors (Lipinski definition) is 4. The fourth-order valence-electron chi connectivity index (χ4n) is 2.03. The van der Waals surface area contributed by atoms with Crippen molar-refractivity contribution in [3.63, 3.8) is 0 Å². The van der Waals surface area contributed by atoms with Gasteiger partial charge in [0.2, 0.25) is 5.76 Å². The van der Waals surface area contributed by atoms with Gasteiger partial charge in [-0.1, -0.05) is 12.1 Å². The van der Waals surface area contributed by atoms with Gasteiger partial charge in [0.25, 0.3) is 0 Å². The van der Waals surface area contributed by atoms with E-state index >= 15 is 0 Å². The lowest BCUT2D eigenvalue weighted by Crippen LogP contribution is -2.31. The Kier molecular flexibility index (Phi) is 6.28. The van der Waals surface area contributed by atoms with Crippen LogP contribution in [-0.4, -0.2) is 38.0 Å². The van der Waals surface area contributed by atoms with E-state index < -0.39 is 0 Å². The molecule has 0 heterocycles. The van der Waals surface area contributed by atoms with Crippen molar-refractivity contribution in [3.05, 3.63) is 35.6 Å². The van der Waals surface area contributed by atoms with Crippen LogP contribution in [-0.2, 0) is 4.74 Å². The largest absolute Gasteiger partial charge is 0.497 e. The lowest BCUT2D eigenvalue weighted by molar-refractivity contribution is 0.312. The van der Waals surface area contributed by atoms with Crippen LogP contribution in [0.4, 0.5) is 0 Å². The van der Waals surface area contributed by atoms with Crippen molar-refractivity contribution in [3.8, 4) is 11.8 Å². The van der Waals surface area contributed by atoms with Gasteiger partial charge in [0, 0.05) is 13.1 Å². The topological polar surface area (TPSA) is 69.3 Å². The van der Waals surface area contributed by atoms with E-state index in [1.165, 1.54) is 7.11 Å². The molecule has 0 radical (unpaired) electrons. The SMILES string of the molecule is CCN(CC)C(=N)/C(=C(\C#N)OC)c1ccc(OC)cc1. The summed E-state index contributed by atoms with van der Waals surface area (Å²) < 4.78 is 10.3. The Morgan fingerprint density at radius 1 is 1.19 bits per heavy atom. The Morgan fingerprint density at radius 3 is 2.14 bits per heavy atom. The highest BCUT2D eigenvalue weighted by molar-refractivity contribution is 6.22. The Hall–Kier alpha value is -2.48. The molecule has 0 unspecified atom stereocenters. The third kappa shape index (κ3) is 3.76. The molecule has 0 aliphatic carbocycles. The molecule has 0 fully saturated rings. The predicted octanol–water partition coefficient (Wildman–Crippen LogP) is 2.90. The zero-order valence-corrected chi connectivity index (χ0v) is 12.9. The van der Waals surface area contributed by atoms with Crippen molar-refractivity contribution in [2.45, 2.75) is 13.8 Å². The van der Waals surface area contributed by atoms with Crippen molar-refractivity contribution < 1.29 is 9.47 Å². The summed E-state index contributed by atoms with van der Waals surface area (Å²) in [5, 5.41) is 17.6. The molecule has 1 aromatic carbocycles. The van der Waals surface area contributed by atoms with Crippen LogP contribution in [0.1, 0.15) is 19.4 Å². The average molecular weight is 287 g/mol. The van der Waals surface area contributed by atoms with Crippen LogP contribution < -0.4 is 4.74 Å². The van der Waals surface area contributed by atoms with Crippen molar-refractivity contribution in [2.24, 2.45) is 0 Å². The average Bonchev–Trinajstić information content (AvgIpc) is 2.53. The van der Waals surface area contributed by atoms with Crippen LogP contribution >= 0.6 is 0 Å². The van der Waals surface area contributed by atoms with Gasteiger partial charge in [-0.3, -0.25) is 5.41 Å². The molecule has 1 N–H and O–H groups in total. The van der Waals surface area contributed by atoms with Gasteiger partial charge in [-0.15, -0.1) is 0 Å². The minimum absolute atomic E-state index is 0.136. The minimum atomic E-state index is 0.136. The van der Waals surface area contributed by atoms with E-state index in [0.29, 0.717) is 18.7 Å². The maximum absolute atomic E-state index is 9.26. The number of hydrogen-bond donors (Lipinski definition) is 1. The quantitative estimate of drug-likeness (QED) is 0.378. The highest BCUT2D eigenvalue weighted by Gasteiger charge is 2.19. The van der Waals surface area contributed by atoms with Gasteiger partial charge >= 0.3 is 0 Å². The summed E-state index contributed by atoms with van der Waals surface area (Å²) in [7, 11) is 3.04. The van der Waals surface area contributed by atoms with Crippen LogP contribution in [0.5, 0.6) is 5.75 Å². The lowest BCUT2D eigenvalue weighted by Gasteiger charge is -2.24. The summed E-state index contributed by atoms with van der Waals surface area (Å²) in [5.74, 6) is 1.14. The summed E-state index contributed by atoms with van der Waals surface area (Å²) in [6.07, 6.45) is 0. The van der Waals surface area contributed by atoms with E-state index in [1.54, 1.807) is 19.2 Å². The Morgan fingerprint density at radius 2 is 1.76 bits per heavy atom. The van der Waals surface area contributed by atoms with E-state index in [9.17, 15) is 5.26 Å². The summed E-state index contributed by atoms with van der Waals surface area (Å²) in [6.45, 7) is 5.33. The fourth-order valence-corrected chi connectivity index (χ4v) is 2.03. The molecule has 0 aliphatic heterocycles. The zero-order chi connectivity index (χ0) is 15.8. The van der Waals surface area contributed by atoms with Gasteiger partial charge < -0.3 is 14.4 Å². The maximum Gasteiger partial charge on any atom is 0.208 e. The zero-order valence-electron chi connectivity index (χ0n) is 12.9. The van der Waals surface area contributed by atoms with Crippen LogP contribution in [0.15, 0.2) is 30.0 Å². The van der Waals surface area contributed by atoms with Gasteiger partial charge in [0.05, 0.1) is 19.8 Å². The second-order valence-corrected chi connectivity index (χ2v) is 4.27. The smallest absolute Gasteiger partial charge is 0.208 e. The lowest BCUT2D eigenvalue weighted by atomic mass is 10.0. The third-order valence-corrected chi connectivity index (χ3v) is 3.23. The molecule has 1 rings (SSSR count). The predicted molar refractivity (Wildman–Crippen MR) is 83.2 cm³/mol. The molecule has 0 atom stereocenters. The second-order valence-electron chi connectivity index (χ2n) is 4.27. The van der Waals surface area contributed by atoms with Gasteiger partial charge in [0.15, 0.2) is 0 Å². The Labute approximate surface area is 125 Å². The molecule has 21 heavy (non-hydrogen) atoms. The number of amidine groups is 1.